The average Bonchev–Trinajstić information content (AvgIpc) is 3.40. The van der Waals surface area contributed by atoms with Crippen molar-refractivity contribution in [2.75, 3.05) is 24.9 Å². The zero-order valence-electron chi connectivity index (χ0n) is 13.0. The number of ether oxygens (including phenoxy) is 2. The minimum Gasteiger partial charge on any atom is -0.497 e. The first-order valence-electron chi connectivity index (χ1n) is 7.32. The highest BCUT2D eigenvalue weighted by Gasteiger charge is 2.21. The average molecular weight is 314 g/mol. The lowest BCUT2D eigenvalue weighted by molar-refractivity contribution is 0.102. The minimum absolute atomic E-state index is 0.306. The fourth-order valence-corrected chi connectivity index (χ4v) is 2.04. The van der Waals surface area contributed by atoms with E-state index >= 15 is 0 Å². The summed E-state index contributed by atoms with van der Waals surface area (Å²) in [5.74, 6) is 1.89. The Balaban J connectivity index is 1.70. The maximum Gasteiger partial charge on any atom is 0.257 e. The molecular formula is C16H18N4O3. The van der Waals surface area contributed by atoms with Crippen molar-refractivity contribution in [2.45, 2.75) is 18.9 Å². The first-order valence-corrected chi connectivity index (χ1v) is 7.32. The van der Waals surface area contributed by atoms with Gasteiger partial charge in [-0.2, -0.15) is 0 Å². The molecule has 1 amide bonds. The number of hydrogen-bond acceptors (Lipinski definition) is 6. The van der Waals surface area contributed by atoms with Crippen molar-refractivity contribution in [1.29, 1.82) is 0 Å². The van der Waals surface area contributed by atoms with Gasteiger partial charge in [0.2, 0.25) is 0 Å². The van der Waals surface area contributed by atoms with Crippen molar-refractivity contribution in [3.8, 4) is 11.5 Å². The predicted octanol–water partition coefficient (Wildman–Crippen LogP) is 2.32. The molecular weight excluding hydrogens is 296 g/mol. The highest BCUT2D eigenvalue weighted by atomic mass is 16.5. The molecule has 2 N–H and O–H groups in total. The Bertz CT molecular complexity index is 677. The number of carbonyl (C=O) groups is 1. The summed E-state index contributed by atoms with van der Waals surface area (Å²) in [4.78, 5) is 12.3. The van der Waals surface area contributed by atoms with Gasteiger partial charge in [0, 0.05) is 17.7 Å². The molecule has 1 fully saturated rings. The molecule has 2 aromatic rings. The quantitative estimate of drug-likeness (QED) is 0.851. The van der Waals surface area contributed by atoms with Crippen LogP contribution in [0.25, 0.3) is 0 Å². The number of anilines is 2. The third-order valence-electron chi connectivity index (χ3n) is 3.45. The maximum absolute atomic E-state index is 12.3. The van der Waals surface area contributed by atoms with Crippen LogP contribution >= 0.6 is 0 Å². The Morgan fingerprint density at radius 1 is 1.04 bits per heavy atom. The van der Waals surface area contributed by atoms with Crippen molar-refractivity contribution in [3.05, 3.63) is 35.9 Å². The zero-order valence-corrected chi connectivity index (χ0v) is 13.0. The second kappa shape index (κ2) is 6.51. The van der Waals surface area contributed by atoms with Crippen molar-refractivity contribution >= 4 is 17.5 Å². The second-order valence-electron chi connectivity index (χ2n) is 5.28. The summed E-state index contributed by atoms with van der Waals surface area (Å²) in [5.41, 5.74) is 0.420. The molecule has 1 aliphatic rings. The number of methoxy groups -OCH3 is 2. The van der Waals surface area contributed by atoms with Gasteiger partial charge in [-0.15, -0.1) is 10.2 Å². The van der Waals surface area contributed by atoms with Crippen molar-refractivity contribution < 1.29 is 14.3 Å². The van der Waals surface area contributed by atoms with E-state index in [0.717, 1.165) is 12.8 Å². The van der Waals surface area contributed by atoms with Gasteiger partial charge in [-0.1, -0.05) is 0 Å². The standard InChI is InChI=1S/C16H18N4O3/c1-22-12-7-10(8-13(9-12)23-2)16(21)18-15-6-5-14(19-20-15)17-11-3-4-11/h5-9,11H,3-4H2,1-2H3,(H,17,19)(H,18,20,21). The van der Waals surface area contributed by atoms with Crippen LogP contribution in [-0.4, -0.2) is 36.4 Å². The fourth-order valence-electron chi connectivity index (χ4n) is 2.04. The number of benzene rings is 1. The summed E-state index contributed by atoms with van der Waals surface area (Å²) in [7, 11) is 3.07. The smallest absolute Gasteiger partial charge is 0.257 e. The number of aromatic nitrogens is 2. The number of amides is 1. The van der Waals surface area contributed by atoms with Gasteiger partial charge in [-0.05, 0) is 37.1 Å². The third-order valence-corrected chi connectivity index (χ3v) is 3.45. The molecule has 120 valence electrons. The van der Waals surface area contributed by atoms with E-state index < -0.39 is 0 Å². The summed E-state index contributed by atoms with van der Waals surface area (Å²) < 4.78 is 10.3. The van der Waals surface area contributed by atoms with Gasteiger partial charge in [0.15, 0.2) is 5.82 Å². The van der Waals surface area contributed by atoms with E-state index in [9.17, 15) is 4.79 Å². The number of hydrogen-bond donors (Lipinski definition) is 2. The Hall–Kier alpha value is -2.83. The topological polar surface area (TPSA) is 85.4 Å². The van der Waals surface area contributed by atoms with Crippen LogP contribution in [0.15, 0.2) is 30.3 Å². The molecule has 1 aliphatic carbocycles. The second-order valence-corrected chi connectivity index (χ2v) is 5.28. The number of nitrogens with zero attached hydrogens (tertiary/aromatic N) is 2. The number of nitrogens with one attached hydrogen (secondary N) is 2. The molecule has 1 saturated carbocycles. The van der Waals surface area contributed by atoms with Crippen LogP contribution in [0, 0.1) is 0 Å². The largest absolute Gasteiger partial charge is 0.497 e. The molecule has 0 atom stereocenters. The molecule has 1 aromatic carbocycles. The lowest BCUT2D eigenvalue weighted by Crippen LogP contribution is -2.14. The third kappa shape index (κ3) is 3.88. The lowest BCUT2D eigenvalue weighted by atomic mass is 10.2. The normalized spacial score (nSPS) is 13.3. The molecule has 7 nitrogen and oxygen atoms in total. The van der Waals surface area contributed by atoms with E-state index in [1.165, 1.54) is 14.2 Å². The van der Waals surface area contributed by atoms with Crippen molar-refractivity contribution in [1.82, 2.24) is 10.2 Å². The predicted molar refractivity (Wildman–Crippen MR) is 86.2 cm³/mol. The first-order chi connectivity index (χ1) is 11.2. The van der Waals surface area contributed by atoms with Crippen LogP contribution in [0.4, 0.5) is 11.6 Å². The van der Waals surface area contributed by atoms with Crippen LogP contribution in [0.5, 0.6) is 11.5 Å². The molecule has 0 saturated heterocycles. The van der Waals surface area contributed by atoms with Gasteiger partial charge >= 0.3 is 0 Å². The van der Waals surface area contributed by atoms with Gasteiger partial charge in [-0.3, -0.25) is 4.79 Å². The van der Waals surface area contributed by atoms with Crippen LogP contribution in [0.3, 0.4) is 0 Å². The van der Waals surface area contributed by atoms with Gasteiger partial charge in [0.25, 0.3) is 5.91 Å². The minimum atomic E-state index is -0.306. The van der Waals surface area contributed by atoms with E-state index in [1.807, 2.05) is 0 Å². The monoisotopic (exact) mass is 314 g/mol. The van der Waals surface area contributed by atoms with Gasteiger partial charge in [0.05, 0.1) is 14.2 Å². The van der Waals surface area contributed by atoms with E-state index in [4.69, 9.17) is 9.47 Å². The molecule has 0 spiro atoms. The summed E-state index contributed by atoms with van der Waals surface area (Å²) in [5, 5.41) is 14.0. The van der Waals surface area contributed by atoms with Gasteiger partial charge in [0.1, 0.15) is 17.3 Å². The SMILES string of the molecule is COc1cc(OC)cc(C(=O)Nc2ccc(NC3CC3)nn2)c1. The Morgan fingerprint density at radius 3 is 2.17 bits per heavy atom. The molecule has 0 bridgehead atoms. The molecule has 0 radical (unpaired) electrons. The summed E-state index contributed by atoms with van der Waals surface area (Å²) in [6, 6.07) is 8.99. The van der Waals surface area contributed by atoms with E-state index in [2.05, 4.69) is 20.8 Å². The van der Waals surface area contributed by atoms with Gasteiger partial charge in [-0.25, -0.2) is 0 Å². The first kappa shape index (κ1) is 15.1. The zero-order chi connectivity index (χ0) is 16.2. The Morgan fingerprint density at radius 2 is 1.65 bits per heavy atom. The van der Waals surface area contributed by atoms with Crippen molar-refractivity contribution in [3.63, 3.8) is 0 Å². The fraction of sp³-hybridized carbons (Fsp3) is 0.312. The molecule has 0 unspecified atom stereocenters. The van der Waals surface area contributed by atoms with E-state index in [-0.39, 0.29) is 5.91 Å². The van der Waals surface area contributed by atoms with Crippen LogP contribution in [-0.2, 0) is 0 Å². The van der Waals surface area contributed by atoms with E-state index in [1.54, 1.807) is 30.3 Å². The van der Waals surface area contributed by atoms with Crippen LogP contribution < -0.4 is 20.1 Å². The van der Waals surface area contributed by atoms with Crippen LogP contribution in [0.2, 0.25) is 0 Å². The van der Waals surface area contributed by atoms with Crippen molar-refractivity contribution in [2.24, 2.45) is 0 Å². The maximum atomic E-state index is 12.3. The Kier molecular flexibility index (Phi) is 4.27. The summed E-state index contributed by atoms with van der Waals surface area (Å²) >= 11 is 0. The van der Waals surface area contributed by atoms with Crippen LogP contribution in [0.1, 0.15) is 23.2 Å². The molecule has 1 heterocycles. The lowest BCUT2D eigenvalue weighted by Gasteiger charge is -2.09. The number of carbonyl (C=O) groups excluding carboxylic acids is 1. The van der Waals surface area contributed by atoms with Gasteiger partial charge < -0.3 is 20.1 Å². The highest BCUT2D eigenvalue weighted by molar-refractivity contribution is 6.04. The molecule has 1 aromatic heterocycles. The Labute approximate surface area is 134 Å². The highest BCUT2D eigenvalue weighted by Crippen LogP contribution is 2.24. The van der Waals surface area contributed by atoms with E-state index in [0.29, 0.717) is 34.7 Å². The summed E-state index contributed by atoms with van der Waals surface area (Å²) in [6.07, 6.45) is 2.33. The molecule has 3 rings (SSSR count). The summed E-state index contributed by atoms with van der Waals surface area (Å²) in [6.45, 7) is 0. The number of rotatable bonds is 6. The molecule has 23 heavy (non-hydrogen) atoms. The molecule has 0 aliphatic heterocycles. The molecule has 7 heteroatoms.